The van der Waals surface area contributed by atoms with Crippen LogP contribution in [0.25, 0.3) is 10.9 Å². The molecular formula is C15H13FN4S. The second-order valence-electron chi connectivity index (χ2n) is 4.71. The summed E-state index contributed by atoms with van der Waals surface area (Å²) in [4.78, 5) is 13.3. The number of hydrogen-bond acceptors (Lipinski definition) is 5. The first-order chi connectivity index (χ1) is 10.0. The second-order valence-corrected chi connectivity index (χ2v) is 5.69. The van der Waals surface area contributed by atoms with E-state index in [2.05, 4.69) is 15.0 Å². The molecule has 0 aliphatic rings. The fraction of sp³-hybridized carbons (Fsp3) is 0.133. The molecule has 0 radical (unpaired) electrons. The number of nitrogens with zero attached hydrogens (tertiary/aromatic N) is 3. The van der Waals surface area contributed by atoms with Gasteiger partial charge in [0.2, 0.25) is 0 Å². The fourth-order valence-electron chi connectivity index (χ4n) is 2.14. The Morgan fingerprint density at radius 2 is 1.86 bits per heavy atom. The number of aryl methyl sites for hydroxylation is 2. The Morgan fingerprint density at radius 3 is 2.57 bits per heavy atom. The number of nitrogens with two attached hydrogens (primary N) is 1. The number of halogens is 1. The smallest absolute Gasteiger partial charge is 0.193 e. The van der Waals surface area contributed by atoms with Crippen LogP contribution in [-0.2, 0) is 0 Å². The van der Waals surface area contributed by atoms with Crippen molar-refractivity contribution in [1.82, 2.24) is 15.0 Å². The largest absolute Gasteiger partial charge is 0.398 e. The van der Waals surface area contributed by atoms with Gasteiger partial charge >= 0.3 is 0 Å². The molecule has 0 saturated heterocycles. The van der Waals surface area contributed by atoms with Crippen LogP contribution in [0, 0.1) is 19.7 Å². The van der Waals surface area contributed by atoms with Crippen molar-refractivity contribution in [3.63, 3.8) is 0 Å². The summed E-state index contributed by atoms with van der Waals surface area (Å²) in [6.07, 6.45) is 1.62. The minimum atomic E-state index is -0.411. The monoisotopic (exact) mass is 300 g/mol. The van der Waals surface area contributed by atoms with E-state index in [0.29, 0.717) is 21.3 Å². The number of fused-ring (bicyclic) bond motifs is 1. The van der Waals surface area contributed by atoms with Gasteiger partial charge in [-0.3, -0.25) is 4.98 Å². The third-order valence-electron chi connectivity index (χ3n) is 2.99. The van der Waals surface area contributed by atoms with Crippen LogP contribution < -0.4 is 5.73 Å². The first-order valence-corrected chi connectivity index (χ1v) is 7.19. The summed E-state index contributed by atoms with van der Waals surface area (Å²) in [5.41, 5.74) is 8.44. The lowest BCUT2D eigenvalue weighted by Gasteiger charge is -2.09. The van der Waals surface area contributed by atoms with Crippen molar-refractivity contribution in [2.75, 3.05) is 5.73 Å². The number of anilines is 1. The number of benzene rings is 1. The molecule has 0 bridgehead atoms. The normalized spacial score (nSPS) is 11.0. The number of rotatable bonds is 2. The molecular weight excluding hydrogens is 287 g/mol. The number of hydrogen-bond donors (Lipinski definition) is 1. The molecule has 21 heavy (non-hydrogen) atoms. The van der Waals surface area contributed by atoms with Crippen molar-refractivity contribution in [2.24, 2.45) is 0 Å². The second kappa shape index (κ2) is 5.29. The maximum atomic E-state index is 14.3. The highest BCUT2D eigenvalue weighted by Gasteiger charge is 2.15. The quantitative estimate of drug-likeness (QED) is 0.579. The minimum absolute atomic E-state index is 0.376. The van der Waals surface area contributed by atoms with Crippen LogP contribution >= 0.6 is 11.8 Å². The minimum Gasteiger partial charge on any atom is -0.398 e. The molecule has 0 amide bonds. The van der Waals surface area contributed by atoms with Crippen LogP contribution in [0.3, 0.4) is 0 Å². The molecule has 3 aromatic rings. The van der Waals surface area contributed by atoms with Crippen LogP contribution in [0.1, 0.15) is 11.4 Å². The van der Waals surface area contributed by atoms with E-state index in [-0.39, 0.29) is 0 Å². The molecule has 0 spiro atoms. The van der Waals surface area contributed by atoms with Gasteiger partial charge in [0.1, 0.15) is 5.82 Å². The predicted molar refractivity (Wildman–Crippen MR) is 81.7 cm³/mol. The fourth-order valence-corrected chi connectivity index (χ4v) is 3.12. The Bertz CT molecular complexity index is 815. The van der Waals surface area contributed by atoms with Gasteiger partial charge in [0, 0.05) is 28.7 Å². The molecule has 2 aromatic heterocycles. The molecule has 2 heterocycles. The Labute approximate surface area is 125 Å². The van der Waals surface area contributed by atoms with Crippen molar-refractivity contribution < 1.29 is 4.39 Å². The maximum absolute atomic E-state index is 14.3. The van der Waals surface area contributed by atoms with Crippen molar-refractivity contribution in [1.29, 1.82) is 0 Å². The van der Waals surface area contributed by atoms with E-state index in [1.165, 1.54) is 17.8 Å². The molecule has 0 atom stereocenters. The van der Waals surface area contributed by atoms with Crippen molar-refractivity contribution in [2.45, 2.75) is 23.9 Å². The summed E-state index contributed by atoms with van der Waals surface area (Å²) >= 11 is 1.17. The SMILES string of the molecule is Cc1cc(C)nc(Sc2c(F)cc(N)c3cccnc23)n1. The van der Waals surface area contributed by atoms with E-state index in [0.717, 1.165) is 16.8 Å². The summed E-state index contributed by atoms with van der Waals surface area (Å²) in [6, 6.07) is 6.79. The van der Waals surface area contributed by atoms with Gasteiger partial charge in [0.15, 0.2) is 5.16 Å². The van der Waals surface area contributed by atoms with E-state index in [1.807, 2.05) is 26.0 Å². The molecule has 106 valence electrons. The first-order valence-electron chi connectivity index (χ1n) is 6.37. The Balaban J connectivity index is 2.16. The summed E-state index contributed by atoms with van der Waals surface area (Å²) in [7, 11) is 0. The Morgan fingerprint density at radius 1 is 1.14 bits per heavy atom. The van der Waals surface area contributed by atoms with E-state index in [4.69, 9.17) is 5.73 Å². The number of aromatic nitrogens is 3. The lowest BCUT2D eigenvalue weighted by atomic mass is 10.2. The maximum Gasteiger partial charge on any atom is 0.193 e. The average Bonchev–Trinajstić information content (AvgIpc) is 2.42. The molecule has 0 saturated carbocycles. The van der Waals surface area contributed by atoms with Crippen LogP contribution in [-0.4, -0.2) is 15.0 Å². The molecule has 0 fully saturated rings. The molecule has 6 heteroatoms. The number of pyridine rings is 1. The zero-order chi connectivity index (χ0) is 15.0. The summed E-state index contributed by atoms with van der Waals surface area (Å²) in [6.45, 7) is 3.77. The van der Waals surface area contributed by atoms with E-state index >= 15 is 0 Å². The van der Waals surface area contributed by atoms with Crippen LogP contribution in [0.2, 0.25) is 0 Å². The topological polar surface area (TPSA) is 64.7 Å². The van der Waals surface area contributed by atoms with Crippen LogP contribution in [0.5, 0.6) is 0 Å². The third kappa shape index (κ3) is 2.67. The molecule has 0 aliphatic heterocycles. The molecule has 4 nitrogen and oxygen atoms in total. The van der Waals surface area contributed by atoms with E-state index in [1.54, 1.807) is 12.3 Å². The van der Waals surface area contributed by atoms with E-state index < -0.39 is 5.82 Å². The van der Waals surface area contributed by atoms with Gasteiger partial charge in [0.25, 0.3) is 0 Å². The number of nitrogen functional groups attached to an aromatic ring is 1. The van der Waals surface area contributed by atoms with Gasteiger partial charge in [0.05, 0.1) is 10.4 Å². The van der Waals surface area contributed by atoms with Gasteiger partial charge in [-0.2, -0.15) is 0 Å². The highest BCUT2D eigenvalue weighted by Crippen LogP contribution is 2.35. The summed E-state index contributed by atoms with van der Waals surface area (Å²) < 4.78 is 14.3. The van der Waals surface area contributed by atoms with Crippen molar-refractivity contribution in [3.8, 4) is 0 Å². The zero-order valence-electron chi connectivity index (χ0n) is 11.6. The van der Waals surface area contributed by atoms with Crippen LogP contribution in [0.15, 0.2) is 40.5 Å². The molecule has 2 N–H and O–H groups in total. The lowest BCUT2D eigenvalue weighted by molar-refractivity contribution is 0.605. The van der Waals surface area contributed by atoms with E-state index in [9.17, 15) is 4.39 Å². The summed E-state index contributed by atoms with van der Waals surface area (Å²) in [5, 5.41) is 1.23. The van der Waals surface area contributed by atoms with Gasteiger partial charge in [-0.15, -0.1) is 0 Å². The highest BCUT2D eigenvalue weighted by molar-refractivity contribution is 7.99. The summed E-state index contributed by atoms with van der Waals surface area (Å²) in [5.74, 6) is -0.411. The zero-order valence-corrected chi connectivity index (χ0v) is 12.4. The molecule has 1 aromatic carbocycles. The standard InChI is InChI=1S/C15H13FN4S/c1-8-6-9(2)20-15(19-8)21-14-11(16)7-12(17)10-4-3-5-18-13(10)14/h3-7H,17H2,1-2H3. The third-order valence-corrected chi connectivity index (χ3v) is 3.95. The van der Waals surface area contributed by atoms with Crippen molar-refractivity contribution >= 4 is 28.4 Å². The lowest BCUT2D eigenvalue weighted by Crippen LogP contribution is -1.97. The van der Waals surface area contributed by atoms with Gasteiger partial charge in [-0.25, -0.2) is 14.4 Å². The average molecular weight is 300 g/mol. The van der Waals surface area contributed by atoms with Gasteiger partial charge in [-0.05, 0) is 49.9 Å². The predicted octanol–water partition coefficient (Wildman–Crippen LogP) is 3.51. The highest BCUT2D eigenvalue weighted by atomic mass is 32.2. The first kappa shape index (κ1) is 13.8. The van der Waals surface area contributed by atoms with Gasteiger partial charge < -0.3 is 5.73 Å². The Hall–Kier alpha value is -2.21. The van der Waals surface area contributed by atoms with Crippen molar-refractivity contribution in [3.05, 3.63) is 47.7 Å². The Kier molecular flexibility index (Phi) is 3.47. The molecule has 3 rings (SSSR count). The molecule has 0 aliphatic carbocycles. The molecule has 0 unspecified atom stereocenters. The van der Waals surface area contributed by atoms with Gasteiger partial charge in [-0.1, -0.05) is 0 Å². The van der Waals surface area contributed by atoms with Crippen LogP contribution in [0.4, 0.5) is 10.1 Å².